The molecule has 1 fully saturated rings. The van der Waals surface area contributed by atoms with Crippen LogP contribution in [0.2, 0.25) is 0 Å². The number of carbonyl (C=O) groups excluding carboxylic acids is 4. The molecule has 14 heteroatoms. The van der Waals surface area contributed by atoms with E-state index in [0.29, 0.717) is 0 Å². The van der Waals surface area contributed by atoms with Gasteiger partial charge in [-0.1, -0.05) is 36.4 Å². The van der Waals surface area contributed by atoms with Gasteiger partial charge in [-0.25, -0.2) is 9.09 Å². The van der Waals surface area contributed by atoms with Crippen LogP contribution in [0.15, 0.2) is 60.7 Å². The number of para-hydroxylation sites is 2. The van der Waals surface area contributed by atoms with Crippen LogP contribution >= 0.6 is 7.82 Å². The number of carbonyl (C=O) groups is 4. The van der Waals surface area contributed by atoms with Gasteiger partial charge in [0.15, 0.2) is 18.3 Å². The number of hydrogen-bond acceptors (Lipinski definition) is 13. The van der Waals surface area contributed by atoms with Gasteiger partial charge in [0.25, 0.3) is 0 Å². The Morgan fingerprint density at radius 2 is 1.12 bits per heavy atom. The molecule has 3 rings (SSSR count). The van der Waals surface area contributed by atoms with E-state index >= 15 is 0 Å². The highest BCUT2D eigenvalue weighted by Gasteiger charge is 2.55. The highest BCUT2D eigenvalue weighted by molar-refractivity contribution is 7.49. The molecule has 1 heterocycles. The number of rotatable bonds is 11. The topological polar surface area (TPSA) is 159 Å². The predicted molar refractivity (Wildman–Crippen MR) is 135 cm³/mol. The highest BCUT2D eigenvalue weighted by Crippen LogP contribution is 2.52. The van der Waals surface area contributed by atoms with Crippen molar-refractivity contribution in [3.8, 4) is 11.5 Å². The van der Waals surface area contributed by atoms with Gasteiger partial charge in [-0.15, -0.1) is 0 Å². The lowest BCUT2D eigenvalue weighted by molar-refractivity contribution is -0.290. The van der Waals surface area contributed by atoms with Gasteiger partial charge in [0, 0.05) is 27.7 Å². The first-order chi connectivity index (χ1) is 19.0. The van der Waals surface area contributed by atoms with E-state index in [1.807, 2.05) is 0 Å². The van der Waals surface area contributed by atoms with Crippen molar-refractivity contribution in [2.45, 2.75) is 58.4 Å². The molecule has 0 spiro atoms. The molecule has 0 aromatic heterocycles. The summed E-state index contributed by atoms with van der Waals surface area (Å²) in [5, 5.41) is 0. The van der Waals surface area contributed by atoms with E-state index in [-0.39, 0.29) is 11.5 Å². The summed E-state index contributed by atoms with van der Waals surface area (Å²) in [6.07, 6.45) is -7.71. The molecule has 0 saturated carbocycles. The lowest BCUT2D eigenvalue weighted by Crippen LogP contribution is -2.62. The maximum Gasteiger partial charge on any atom is 0.590 e. The SMILES string of the molecule is CC(=O)OC[C@H]1O[C@H](OP(=O)(Oc2ccccc2)Oc2ccccc2)[C@@H](OC(C)=O)[C@@H](OC(C)=O)[C@@H]1OC(C)=O. The lowest BCUT2D eigenvalue weighted by atomic mass is 9.98. The minimum atomic E-state index is -4.66. The summed E-state index contributed by atoms with van der Waals surface area (Å²) in [7, 11) is -4.66. The average Bonchev–Trinajstić information content (AvgIpc) is 2.86. The number of phosphoric ester groups is 1. The van der Waals surface area contributed by atoms with Crippen molar-refractivity contribution in [3.63, 3.8) is 0 Å². The van der Waals surface area contributed by atoms with Crippen LogP contribution in [0.3, 0.4) is 0 Å². The Morgan fingerprint density at radius 1 is 0.675 bits per heavy atom. The number of hydrogen-bond donors (Lipinski definition) is 0. The van der Waals surface area contributed by atoms with Gasteiger partial charge in [0.2, 0.25) is 6.29 Å². The van der Waals surface area contributed by atoms with Gasteiger partial charge >= 0.3 is 31.7 Å². The number of ether oxygens (including phenoxy) is 5. The fourth-order valence-corrected chi connectivity index (χ4v) is 4.99. The second-order valence-corrected chi connectivity index (χ2v) is 9.90. The van der Waals surface area contributed by atoms with Crippen molar-refractivity contribution in [2.24, 2.45) is 0 Å². The van der Waals surface area contributed by atoms with Crippen LogP contribution in [-0.4, -0.2) is 61.2 Å². The molecule has 0 bridgehead atoms. The zero-order chi connectivity index (χ0) is 29.3. The van der Waals surface area contributed by atoms with Gasteiger partial charge < -0.3 is 32.7 Å². The molecule has 2 aromatic rings. The highest BCUT2D eigenvalue weighted by atomic mass is 31.2. The smallest absolute Gasteiger partial charge is 0.463 e. The van der Waals surface area contributed by atoms with Gasteiger partial charge in [-0.05, 0) is 24.3 Å². The molecule has 0 amide bonds. The molecule has 1 saturated heterocycles. The van der Waals surface area contributed by atoms with Crippen molar-refractivity contribution in [1.29, 1.82) is 0 Å². The Bertz CT molecular complexity index is 1170. The van der Waals surface area contributed by atoms with Crippen molar-refractivity contribution in [1.82, 2.24) is 0 Å². The molecular formula is C26H29O13P. The van der Waals surface area contributed by atoms with Crippen LogP contribution in [0.4, 0.5) is 0 Å². The summed E-state index contributed by atoms with van der Waals surface area (Å²) in [6.45, 7) is 3.87. The quantitative estimate of drug-likeness (QED) is 0.217. The maximum atomic E-state index is 14.0. The second kappa shape index (κ2) is 13.9. The maximum absolute atomic E-state index is 14.0. The van der Waals surface area contributed by atoms with E-state index in [2.05, 4.69) is 0 Å². The first-order valence-electron chi connectivity index (χ1n) is 12.0. The van der Waals surface area contributed by atoms with Crippen molar-refractivity contribution in [3.05, 3.63) is 60.7 Å². The van der Waals surface area contributed by atoms with Crippen molar-refractivity contribution < 1.29 is 61.0 Å². The second-order valence-electron chi connectivity index (χ2n) is 8.43. The first-order valence-corrected chi connectivity index (χ1v) is 13.5. The molecule has 40 heavy (non-hydrogen) atoms. The van der Waals surface area contributed by atoms with Crippen LogP contribution in [0.25, 0.3) is 0 Å². The molecule has 0 N–H and O–H groups in total. The van der Waals surface area contributed by atoms with Crippen molar-refractivity contribution in [2.75, 3.05) is 6.61 Å². The number of phosphoric acid groups is 1. The summed E-state index contributed by atoms with van der Waals surface area (Å²) < 4.78 is 58.0. The normalized spacial score (nSPS) is 22.4. The fraction of sp³-hybridized carbons (Fsp3) is 0.385. The van der Waals surface area contributed by atoms with Crippen LogP contribution in [0.5, 0.6) is 11.5 Å². The lowest BCUT2D eigenvalue weighted by Gasteiger charge is -2.44. The standard InChI is InChI=1S/C26H29O13P/c1-16(27)32-15-22-23(33-17(2)28)24(34-18(3)29)25(35-19(4)30)26(36-22)39-40(31,37-20-11-7-5-8-12-20)38-21-13-9-6-10-14-21/h5-14,22-26H,15H2,1-4H3/t22-,23-,24+,25+,26-/m1/s1. The van der Waals surface area contributed by atoms with E-state index < -0.39 is 69.0 Å². The van der Waals surface area contributed by atoms with E-state index in [9.17, 15) is 23.7 Å². The molecule has 1 aliphatic heterocycles. The number of benzene rings is 2. The van der Waals surface area contributed by atoms with E-state index in [1.54, 1.807) is 36.4 Å². The third-order valence-electron chi connectivity index (χ3n) is 5.10. The van der Waals surface area contributed by atoms with Gasteiger partial charge in [0.05, 0.1) is 0 Å². The first kappa shape index (κ1) is 30.6. The molecule has 5 atom stereocenters. The Morgan fingerprint density at radius 3 is 1.57 bits per heavy atom. The van der Waals surface area contributed by atoms with Crippen LogP contribution in [0.1, 0.15) is 27.7 Å². The third-order valence-corrected chi connectivity index (χ3v) is 6.44. The minimum absolute atomic E-state index is 0.104. The molecule has 0 aliphatic carbocycles. The molecule has 13 nitrogen and oxygen atoms in total. The molecule has 1 aliphatic rings. The Kier molecular flexibility index (Phi) is 10.7. The van der Waals surface area contributed by atoms with Gasteiger partial charge in [-0.2, -0.15) is 0 Å². The van der Waals surface area contributed by atoms with Crippen LogP contribution in [-0.2, 0) is 52.0 Å². The Hall–Kier alpha value is -3.93. The summed E-state index contributed by atoms with van der Waals surface area (Å²) in [5.74, 6) is -2.98. The molecule has 216 valence electrons. The minimum Gasteiger partial charge on any atom is -0.463 e. The summed E-state index contributed by atoms with van der Waals surface area (Å²) >= 11 is 0. The Balaban J connectivity index is 2.05. The monoisotopic (exact) mass is 580 g/mol. The zero-order valence-corrected chi connectivity index (χ0v) is 23.0. The predicted octanol–water partition coefficient (Wildman–Crippen LogP) is 3.35. The number of esters is 4. The Labute approximate surface area is 230 Å². The summed E-state index contributed by atoms with van der Waals surface area (Å²) in [6, 6.07) is 15.9. The van der Waals surface area contributed by atoms with Crippen LogP contribution in [0, 0.1) is 0 Å². The summed E-state index contributed by atoms with van der Waals surface area (Å²) in [4.78, 5) is 47.6. The largest absolute Gasteiger partial charge is 0.590 e. The molecule has 2 aromatic carbocycles. The zero-order valence-electron chi connectivity index (χ0n) is 22.1. The van der Waals surface area contributed by atoms with Crippen molar-refractivity contribution >= 4 is 31.7 Å². The summed E-state index contributed by atoms with van der Waals surface area (Å²) in [5.41, 5.74) is 0. The third kappa shape index (κ3) is 9.08. The molecule has 0 unspecified atom stereocenters. The van der Waals surface area contributed by atoms with E-state index in [0.717, 1.165) is 27.7 Å². The molecular weight excluding hydrogens is 551 g/mol. The van der Waals surface area contributed by atoms with E-state index in [1.165, 1.54) is 24.3 Å². The fourth-order valence-electron chi connectivity index (χ4n) is 3.68. The van der Waals surface area contributed by atoms with Crippen LogP contribution < -0.4 is 9.05 Å². The van der Waals surface area contributed by atoms with Gasteiger partial charge in [0.1, 0.15) is 24.2 Å². The average molecular weight is 580 g/mol. The van der Waals surface area contributed by atoms with E-state index in [4.69, 9.17) is 37.3 Å². The van der Waals surface area contributed by atoms with Gasteiger partial charge in [-0.3, -0.25) is 19.2 Å². The molecule has 0 radical (unpaired) electrons.